The van der Waals surface area contributed by atoms with Crippen molar-refractivity contribution in [1.82, 2.24) is 26.6 Å². The summed E-state index contributed by atoms with van der Waals surface area (Å²) in [6.07, 6.45) is 26.9. The monoisotopic (exact) mass is 1200 g/mol. The lowest BCUT2D eigenvalue weighted by atomic mass is 10.0. The quantitative estimate of drug-likeness (QED) is 0.0123. The molecule has 0 fully saturated rings. The van der Waals surface area contributed by atoms with Crippen molar-refractivity contribution in [3.63, 3.8) is 0 Å². The lowest BCUT2D eigenvalue weighted by Gasteiger charge is -2.25. The second-order valence-corrected chi connectivity index (χ2v) is 23.6. The van der Waals surface area contributed by atoms with E-state index in [0.717, 1.165) is 70.1 Å². The van der Waals surface area contributed by atoms with Gasteiger partial charge in [0.15, 0.2) is 0 Å². The number of carbonyl (C=O) groups is 9. The number of thioether (sulfide) groups is 1. The van der Waals surface area contributed by atoms with Crippen molar-refractivity contribution in [2.75, 3.05) is 37.9 Å². The summed E-state index contributed by atoms with van der Waals surface area (Å²) in [6, 6.07) is -8.42. The number of aliphatic hydroxyl groups excluding tert-OH is 2. The first-order chi connectivity index (χ1) is 37.7. The zero-order valence-corrected chi connectivity index (χ0v) is 50.2. The van der Waals surface area contributed by atoms with Gasteiger partial charge in [0.2, 0.25) is 33.3 Å². The summed E-state index contributed by atoms with van der Waals surface area (Å²) >= 11 is 18.2. The van der Waals surface area contributed by atoms with E-state index in [0.29, 0.717) is 12.8 Å². The predicted molar refractivity (Wildman–Crippen MR) is 306 cm³/mol. The molecule has 0 aliphatic rings. The molecule has 0 aromatic heterocycles. The minimum absolute atomic E-state index is 0.0355. The van der Waals surface area contributed by atoms with Crippen LogP contribution in [-0.2, 0) is 52.6 Å². The van der Waals surface area contributed by atoms with E-state index >= 15 is 0 Å². The fourth-order valence-electron chi connectivity index (χ4n) is 8.02. The van der Waals surface area contributed by atoms with Gasteiger partial charge in [-0.2, -0.15) is 11.8 Å². The summed E-state index contributed by atoms with van der Waals surface area (Å²) < 4.78 is 14.3. The van der Waals surface area contributed by atoms with Gasteiger partial charge in [0, 0.05) is 24.3 Å². The molecular formula is C54H95Cl3N6O15S. The molecule has 25 heteroatoms. The number of nitrogens with one attached hydrogen (secondary N) is 5. The first-order valence-electron chi connectivity index (χ1n) is 28.5. The van der Waals surface area contributed by atoms with Crippen LogP contribution < -0.4 is 32.3 Å². The maximum absolute atomic E-state index is 13.8. The Hall–Kier alpha value is -3.83. The molecule has 0 radical (unpaired) electrons. The highest BCUT2D eigenvalue weighted by atomic mass is 35.6. The number of rotatable bonds is 50. The van der Waals surface area contributed by atoms with E-state index in [1.165, 1.54) is 103 Å². The van der Waals surface area contributed by atoms with Gasteiger partial charge in [0.05, 0.1) is 19.6 Å². The third kappa shape index (κ3) is 42.7. The zero-order chi connectivity index (χ0) is 59.3. The van der Waals surface area contributed by atoms with Crippen LogP contribution in [0.15, 0.2) is 0 Å². The number of ether oxygens (including phenoxy) is 3. The molecule has 0 bridgehead atoms. The summed E-state index contributed by atoms with van der Waals surface area (Å²) in [4.78, 5) is 115. The van der Waals surface area contributed by atoms with Gasteiger partial charge < -0.3 is 61.8 Å². The molecular weight excluding hydrogens is 1110 g/mol. The van der Waals surface area contributed by atoms with Crippen molar-refractivity contribution in [1.29, 1.82) is 0 Å². The van der Waals surface area contributed by atoms with Gasteiger partial charge >= 0.3 is 24.0 Å². The number of alkyl carbamates (subject to hydrolysis) is 1. The number of aliphatic carboxylic acids is 1. The smallest absolute Gasteiger partial charge is 0.407 e. The number of halogens is 3. The van der Waals surface area contributed by atoms with Gasteiger partial charge in [-0.15, -0.1) is 0 Å². The largest absolute Gasteiger partial charge is 0.480 e. The lowest BCUT2D eigenvalue weighted by molar-refractivity contribution is -0.157. The van der Waals surface area contributed by atoms with Crippen LogP contribution in [0.5, 0.6) is 0 Å². The number of unbranched alkanes of at least 4 members (excludes halogenated alkanes) is 24. The normalized spacial score (nSPS) is 13.6. The van der Waals surface area contributed by atoms with Gasteiger partial charge in [-0.1, -0.05) is 203 Å². The van der Waals surface area contributed by atoms with E-state index in [1.807, 2.05) is 0 Å². The fraction of sp³-hybridized carbons (Fsp3) is 0.833. The number of alkyl halides is 3. The second kappa shape index (κ2) is 47.8. The number of aliphatic hydroxyl groups is 2. The molecule has 6 atom stereocenters. The average Bonchev–Trinajstić information content (AvgIpc) is 3.39. The van der Waals surface area contributed by atoms with Crippen LogP contribution in [0.3, 0.4) is 0 Å². The number of carboxylic acids is 1. The lowest BCUT2D eigenvalue weighted by Crippen LogP contribution is -2.60. The molecule has 21 nitrogen and oxygen atoms in total. The van der Waals surface area contributed by atoms with Crippen molar-refractivity contribution in [3.05, 3.63) is 0 Å². The number of carbonyl (C=O) groups excluding carboxylic acids is 8. The minimum Gasteiger partial charge on any atom is -0.480 e. The maximum atomic E-state index is 13.8. The van der Waals surface area contributed by atoms with Crippen LogP contribution in [0, 0.1) is 0 Å². The molecule has 0 aromatic rings. The fourth-order valence-corrected chi connectivity index (χ4v) is 9.21. The summed E-state index contributed by atoms with van der Waals surface area (Å²) in [5, 5.41) is 40.1. The number of hydrogen-bond donors (Lipinski definition) is 9. The molecule has 0 aliphatic heterocycles. The summed E-state index contributed by atoms with van der Waals surface area (Å²) in [7, 11) is 0. The van der Waals surface area contributed by atoms with Crippen molar-refractivity contribution >= 4 is 100 Å². The Morgan fingerprint density at radius 3 is 1.28 bits per heavy atom. The molecule has 0 saturated heterocycles. The molecule has 0 spiro atoms. The SMILES string of the molecule is CCCCCCCCCCCCCCCC(=O)OC[C@H](CSC[C@H](NC(=O)OCC(Cl)(Cl)Cl)C(=O)N[C@@H](CO)C(=O)N[C@@H](CO)C(=O)N[C@@H](CC(N)=O)C(=O)N[C@@H](C)C(=O)O)OC(=O)CCCCCCCCCCCCCCC. The molecule has 0 heterocycles. The molecule has 458 valence electrons. The van der Waals surface area contributed by atoms with Crippen molar-refractivity contribution < 1.29 is 72.7 Å². The number of esters is 2. The number of hydrogen-bond acceptors (Lipinski definition) is 15. The van der Waals surface area contributed by atoms with Crippen molar-refractivity contribution in [2.45, 2.75) is 247 Å². The van der Waals surface area contributed by atoms with E-state index < -0.39 is 120 Å². The van der Waals surface area contributed by atoms with E-state index in [1.54, 1.807) is 0 Å². The Morgan fingerprint density at radius 1 is 0.506 bits per heavy atom. The first kappa shape index (κ1) is 75.2. The van der Waals surface area contributed by atoms with Gasteiger partial charge in [0.25, 0.3) is 0 Å². The van der Waals surface area contributed by atoms with Gasteiger partial charge in [-0.05, 0) is 19.8 Å². The van der Waals surface area contributed by atoms with Crippen molar-refractivity contribution in [2.24, 2.45) is 5.73 Å². The minimum atomic E-state index is -2.03. The van der Waals surface area contributed by atoms with E-state index in [2.05, 4.69) is 40.4 Å². The topological polar surface area (TPSA) is 328 Å². The van der Waals surface area contributed by atoms with Crippen LogP contribution in [0.25, 0.3) is 0 Å². The Balaban J connectivity index is 5.85. The maximum Gasteiger partial charge on any atom is 0.407 e. The second-order valence-electron chi connectivity index (χ2n) is 20.0. The molecule has 0 aliphatic carbocycles. The van der Waals surface area contributed by atoms with Gasteiger partial charge in [-0.3, -0.25) is 38.4 Å². The molecule has 6 amide bonds. The van der Waals surface area contributed by atoms with Crippen LogP contribution in [-0.4, -0.2) is 147 Å². The van der Waals surface area contributed by atoms with E-state index in [9.17, 15) is 53.4 Å². The molecule has 0 saturated carbocycles. The highest BCUT2D eigenvalue weighted by Gasteiger charge is 2.33. The Morgan fingerprint density at radius 2 is 0.886 bits per heavy atom. The predicted octanol–water partition coefficient (Wildman–Crippen LogP) is 7.51. The van der Waals surface area contributed by atoms with Gasteiger partial charge in [0.1, 0.15) is 49.5 Å². The number of carboxylic acid groups (broad SMARTS) is 1. The third-order valence-corrected chi connectivity index (χ3v) is 14.2. The number of amides is 6. The Labute approximate surface area is 487 Å². The van der Waals surface area contributed by atoms with E-state index in [-0.39, 0.29) is 31.0 Å². The molecule has 0 aromatic carbocycles. The number of primary amides is 1. The standard InChI is InChI=1S/C54H95Cl3N6O15S/c1-4-6-8-10-12-14-16-18-20-22-24-26-28-30-46(67)76-35-40(78-47(68)31-29-27-25-23-21-19-17-15-13-11-9-7-5-2)36-79-37-44(63-53(75)77-38-54(55,56)57)51(72)62-43(34-65)50(71)61-42(33-64)49(70)60-41(32-45(58)66)48(69)59-39(3)52(73)74/h39-44,64-65H,4-38H2,1-3H3,(H2,58,66)(H,59,69)(H,60,70)(H,61,71)(H,62,72)(H,63,75)(H,73,74)/t39-,40+,41-,42-,43-,44-/m0/s1. The van der Waals surface area contributed by atoms with Crippen LogP contribution in [0.2, 0.25) is 0 Å². The zero-order valence-electron chi connectivity index (χ0n) is 47.1. The average molecular weight is 1210 g/mol. The Bertz CT molecular complexity index is 1750. The summed E-state index contributed by atoms with van der Waals surface area (Å²) in [6.45, 7) is 2.33. The molecule has 10 N–H and O–H groups in total. The molecule has 0 rings (SSSR count). The highest BCUT2D eigenvalue weighted by Crippen LogP contribution is 2.26. The number of nitrogens with two attached hydrogens (primary N) is 1. The summed E-state index contributed by atoms with van der Waals surface area (Å²) in [5.74, 6) is -8.46. The van der Waals surface area contributed by atoms with Crippen LogP contribution >= 0.6 is 46.6 Å². The van der Waals surface area contributed by atoms with Crippen LogP contribution in [0.4, 0.5) is 4.79 Å². The molecule has 79 heavy (non-hydrogen) atoms. The van der Waals surface area contributed by atoms with E-state index in [4.69, 9.17) is 59.9 Å². The van der Waals surface area contributed by atoms with Gasteiger partial charge in [-0.25, -0.2) is 4.79 Å². The first-order valence-corrected chi connectivity index (χ1v) is 30.8. The van der Waals surface area contributed by atoms with Crippen LogP contribution in [0.1, 0.15) is 207 Å². The summed E-state index contributed by atoms with van der Waals surface area (Å²) in [5.41, 5.74) is 5.20. The van der Waals surface area contributed by atoms with Crippen molar-refractivity contribution in [3.8, 4) is 0 Å². The Kier molecular flexibility index (Phi) is 45.5. The molecule has 0 unspecified atom stereocenters. The highest BCUT2D eigenvalue weighted by molar-refractivity contribution is 7.99. The third-order valence-electron chi connectivity index (χ3n) is 12.7.